The van der Waals surface area contributed by atoms with Gasteiger partial charge in [0.15, 0.2) is 0 Å². The van der Waals surface area contributed by atoms with Gasteiger partial charge in [-0.05, 0) is 48.6 Å². The van der Waals surface area contributed by atoms with Gasteiger partial charge in [-0.1, -0.05) is 17.3 Å². The largest absolute Gasteiger partial charge is 0.496 e. The van der Waals surface area contributed by atoms with Crippen molar-refractivity contribution in [1.29, 1.82) is 0 Å². The summed E-state index contributed by atoms with van der Waals surface area (Å²) in [6, 6.07) is 9.28. The Morgan fingerprint density at radius 2 is 2.26 bits per heavy atom. The number of carbonyl (C=O) groups excluding carboxylic acids is 1. The SMILES string of the molecule is C=CCc1cc(C(=O)N(CC)Cc2nc(-c3cccs3)no2)ccc1OC. The van der Waals surface area contributed by atoms with Crippen molar-refractivity contribution in [2.24, 2.45) is 0 Å². The molecule has 0 N–H and O–H groups in total. The molecule has 0 spiro atoms. The summed E-state index contributed by atoms with van der Waals surface area (Å²) in [5, 5.41) is 5.95. The molecule has 7 heteroatoms. The van der Waals surface area contributed by atoms with E-state index in [9.17, 15) is 4.79 Å². The molecule has 1 aromatic carbocycles. The lowest BCUT2D eigenvalue weighted by Gasteiger charge is -2.19. The van der Waals surface area contributed by atoms with Gasteiger partial charge < -0.3 is 14.2 Å². The van der Waals surface area contributed by atoms with E-state index >= 15 is 0 Å². The Kier molecular flexibility index (Phi) is 6.03. The molecule has 2 aromatic heterocycles. The minimum absolute atomic E-state index is 0.0960. The molecule has 0 saturated carbocycles. The van der Waals surface area contributed by atoms with Crippen LogP contribution in [0.2, 0.25) is 0 Å². The Bertz CT molecular complexity index is 918. The maximum absolute atomic E-state index is 12.9. The van der Waals surface area contributed by atoms with Crippen LogP contribution in [-0.4, -0.2) is 34.6 Å². The predicted octanol–water partition coefficient (Wildman–Crippen LogP) is 4.20. The highest BCUT2D eigenvalue weighted by Gasteiger charge is 2.19. The molecule has 0 bridgehead atoms. The second-order valence-corrected chi connectivity index (χ2v) is 6.78. The number of allylic oxidation sites excluding steroid dienone is 1. The number of aromatic nitrogens is 2. The number of nitrogens with zero attached hydrogens (tertiary/aromatic N) is 3. The summed E-state index contributed by atoms with van der Waals surface area (Å²) in [5.41, 5.74) is 1.51. The van der Waals surface area contributed by atoms with E-state index in [0.717, 1.165) is 16.2 Å². The van der Waals surface area contributed by atoms with Crippen LogP contribution >= 0.6 is 11.3 Å². The summed E-state index contributed by atoms with van der Waals surface area (Å²) < 4.78 is 10.7. The monoisotopic (exact) mass is 383 g/mol. The number of thiophene rings is 1. The van der Waals surface area contributed by atoms with E-state index in [4.69, 9.17) is 9.26 Å². The minimum Gasteiger partial charge on any atom is -0.496 e. The van der Waals surface area contributed by atoms with Gasteiger partial charge in [0.05, 0.1) is 12.0 Å². The minimum atomic E-state index is -0.0960. The van der Waals surface area contributed by atoms with E-state index in [2.05, 4.69) is 16.7 Å². The fourth-order valence-electron chi connectivity index (χ4n) is 2.72. The van der Waals surface area contributed by atoms with E-state index in [1.165, 1.54) is 0 Å². The Balaban J connectivity index is 1.78. The molecule has 0 aliphatic heterocycles. The van der Waals surface area contributed by atoms with E-state index in [-0.39, 0.29) is 12.5 Å². The van der Waals surface area contributed by atoms with Crippen LogP contribution in [-0.2, 0) is 13.0 Å². The van der Waals surface area contributed by atoms with Gasteiger partial charge in [0.2, 0.25) is 11.7 Å². The first-order valence-corrected chi connectivity index (χ1v) is 9.47. The van der Waals surface area contributed by atoms with E-state index in [1.807, 2.05) is 36.6 Å². The first-order valence-electron chi connectivity index (χ1n) is 8.59. The Labute approximate surface area is 162 Å². The molecule has 0 radical (unpaired) electrons. The van der Waals surface area contributed by atoms with Crippen molar-refractivity contribution < 1.29 is 14.1 Å². The molecule has 3 rings (SSSR count). The first kappa shape index (κ1) is 18.8. The van der Waals surface area contributed by atoms with Gasteiger partial charge in [0.1, 0.15) is 12.3 Å². The van der Waals surface area contributed by atoms with Crippen LogP contribution in [0.4, 0.5) is 0 Å². The van der Waals surface area contributed by atoms with Crippen molar-refractivity contribution in [2.45, 2.75) is 19.9 Å². The fourth-order valence-corrected chi connectivity index (χ4v) is 3.37. The molecule has 1 amide bonds. The van der Waals surface area contributed by atoms with E-state index in [0.29, 0.717) is 30.2 Å². The molecule has 6 nitrogen and oxygen atoms in total. The smallest absolute Gasteiger partial charge is 0.254 e. The van der Waals surface area contributed by atoms with Crippen LogP contribution < -0.4 is 4.74 Å². The van der Waals surface area contributed by atoms with Gasteiger partial charge >= 0.3 is 0 Å². The van der Waals surface area contributed by atoms with Crippen molar-refractivity contribution in [3.8, 4) is 16.5 Å². The molecule has 0 aliphatic carbocycles. The summed E-state index contributed by atoms with van der Waals surface area (Å²) in [5.74, 6) is 1.60. The highest BCUT2D eigenvalue weighted by Crippen LogP contribution is 2.23. The van der Waals surface area contributed by atoms with E-state index in [1.54, 1.807) is 35.5 Å². The Morgan fingerprint density at radius 3 is 2.93 bits per heavy atom. The molecule has 0 unspecified atom stereocenters. The average molecular weight is 383 g/mol. The standard InChI is InChI=1S/C20H21N3O3S/c1-4-7-14-12-15(9-10-16(14)25-3)20(24)23(5-2)13-18-21-19(22-26-18)17-8-6-11-27-17/h4,6,8-12H,1,5,7,13H2,2-3H3. The lowest BCUT2D eigenvalue weighted by Crippen LogP contribution is -2.30. The number of carbonyl (C=O) groups is 1. The number of hydrogen-bond acceptors (Lipinski definition) is 6. The molecule has 0 fully saturated rings. The molecule has 0 atom stereocenters. The van der Waals surface area contributed by atoms with Gasteiger partial charge in [-0.15, -0.1) is 17.9 Å². The quantitative estimate of drug-likeness (QED) is 0.545. The number of hydrogen-bond donors (Lipinski definition) is 0. The zero-order chi connectivity index (χ0) is 19.2. The molecule has 140 valence electrons. The van der Waals surface area contributed by atoms with Crippen LogP contribution in [0.1, 0.15) is 28.7 Å². The topological polar surface area (TPSA) is 68.5 Å². The maximum atomic E-state index is 12.9. The molecule has 2 heterocycles. The molecule has 0 saturated heterocycles. The van der Waals surface area contributed by atoms with Crippen molar-refractivity contribution in [3.63, 3.8) is 0 Å². The lowest BCUT2D eigenvalue weighted by molar-refractivity contribution is 0.0734. The summed E-state index contributed by atoms with van der Waals surface area (Å²) in [4.78, 5) is 19.9. The summed E-state index contributed by atoms with van der Waals surface area (Å²) in [6.45, 7) is 6.46. The van der Waals surface area contributed by atoms with Gasteiger partial charge in [0, 0.05) is 12.1 Å². The van der Waals surface area contributed by atoms with Crippen molar-refractivity contribution >= 4 is 17.2 Å². The third kappa shape index (κ3) is 4.25. The third-order valence-electron chi connectivity index (χ3n) is 4.10. The van der Waals surface area contributed by atoms with Crippen LogP contribution in [0, 0.1) is 0 Å². The maximum Gasteiger partial charge on any atom is 0.254 e. The number of amides is 1. The van der Waals surface area contributed by atoms with Gasteiger partial charge in [-0.3, -0.25) is 4.79 Å². The number of benzene rings is 1. The molecular weight excluding hydrogens is 362 g/mol. The fraction of sp³-hybridized carbons (Fsp3) is 0.250. The second-order valence-electron chi connectivity index (χ2n) is 5.83. The van der Waals surface area contributed by atoms with Crippen molar-refractivity contribution in [2.75, 3.05) is 13.7 Å². The Morgan fingerprint density at radius 1 is 1.41 bits per heavy atom. The van der Waals surface area contributed by atoms with E-state index < -0.39 is 0 Å². The molecule has 0 aliphatic rings. The summed E-state index contributed by atoms with van der Waals surface area (Å²) in [7, 11) is 1.61. The van der Waals surface area contributed by atoms with Crippen LogP contribution in [0.15, 0.2) is 52.9 Å². The van der Waals surface area contributed by atoms with Crippen LogP contribution in [0.5, 0.6) is 5.75 Å². The van der Waals surface area contributed by atoms with Crippen LogP contribution in [0.3, 0.4) is 0 Å². The molecule has 3 aromatic rings. The highest BCUT2D eigenvalue weighted by molar-refractivity contribution is 7.13. The number of rotatable bonds is 8. The second kappa shape index (κ2) is 8.64. The van der Waals surface area contributed by atoms with Crippen molar-refractivity contribution in [3.05, 3.63) is 65.4 Å². The first-order chi connectivity index (χ1) is 13.2. The highest BCUT2D eigenvalue weighted by atomic mass is 32.1. The average Bonchev–Trinajstić information content (AvgIpc) is 3.37. The zero-order valence-electron chi connectivity index (χ0n) is 15.3. The summed E-state index contributed by atoms with van der Waals surface area (Å²) in [6.07, 6.45) is 2.42. The normalized spacial score (nSPS) is 10.6. The van der Waals surface area contributed by atoms with Crippen molar-refractivity contribution in [1.82, 2.24) is 15.0 Å². The van der Waals surface area contributed by atoms with Crippen LogP contribution in [0.25, 0.3) is 10.7 Å². The summed E-state index contributed by atoms with van der Waals surface area (Å²) >= 11 is 1.54. The van der Waals surface area contributed by atoms with Gasteiger partial charge in [-0.25, -0.2) is 0 Å². The predicted molar refractivity (Wildman–Crippen MR) is 105 cm³/mol. The third-order valence-corrected chi connectivity index (χ3v) is 4.96. The lowest BCUT2D eigenvalue weighted by atomic mass is 10.1. The zero-order valence-corrected chi connectivity index (χ0v) is 16.2. The number of methoxy groups -OCH3 is 1. The molecule has 27 heavy (non-hydrogen) atoms. The Hall–Kier alpha value is -2.93. The number of ether oxygens (including phenoxy) is 1. The van der Waals surface area contributed by atoms with Gasteiger partial charge in [0.25, 0.3) is 5.91 Å². The van der Waals surface area contributed by atoms with Gasteiger partial charge in [-0.2, -0.15) is 4.98 Å². The molecular formula is C20H21N3O3S.